The van der Waals surface area contributed by atoms with Gasteiger partial charge in [0.15, 0.2) is 0 Å². The third-order valence-electron chi connectivity index (χ3n) is 2.12. The molecular weight excluding hydrogens is 130 g/mol. The third kappa shape index (κ3) is 1.48. The minimum Gasteiger partial charge on any atom is -0.395 e. The summed E-state index contributed by atoms with van der Waals surface area (Å²) in [7, 11) is 2.01. The van der Waals surface area contributed by atoms with Crippen molar-refractivity contribution in [3.63, 3.8) is 0 Å². The van der Waals surface area contributed by atoms with Gasteiger partial charge in [-0.05, 0) is 14.0 Å². The second-order valence-corrected chi connectivity index (χ2v) is 2.81. The van der Waals surface area contributed by atoms with Crippen molar-refractivity contribution in [2.45, 2.75) is 19.1 Å². The van der Waals surface area contributed by atoms with E-state index in [1.807, 2.05) is 14.0 Å². The van der Waals surface area contributed by atoms with Crippen LogP contribution in [0.3, 0.4) is 0 Å². The smallest absolute Gasteiger partial charge is 0.0725 e. The first-order valence-corrected chi connectivity index (χ1v) is 3.68. The van der Waals surface area contributed by atoms with Gasteiger partial charge in [-0.3, -0.25) is 4.90 Å². The van der Waals surface area contributed by atoms with Crippen molar-refractivity contribution >= 4 is 0 Å². The number of ether oxygens (including phenoxy) is 1. The highest BCUT2D eigenvalue weighted by atomic mass is 16.5. The van der Waals surface area contributed by atoms with Crippen LogP contribution in [0, 0.1) is 0 Å². The number of hydrogen-bond donors (Lipinski definition) is 1. The quantitative estimate of drug-likeness (QED) is 0.550. The Morgan fingerprint density at radius 2 is 2.40 bits per heavy atom. The molecule has 10 heavy (non-hydrogen) atoms. The molecule has 0 bridgehead atoms. The van der Waals surface area contributed by atoms with E-state index in [2.05, 4.69) is 4.90 Å². The summed E-state index contributed by atoms with van der Waals surface area (Å²) in [6, 6.07) is 0.189. The molecule has 1 rings (SSSR count). The van der Waals surface area contributed by atoms with E-state index in [9.17, 15) is 0 Å². The van der Waals surface area contributed by atoms with E-state index in [1.165, 1.54) is 0 Å². The van der Waals surface area contributed by atoms with E-state index in [0.717, 1.165) is 13.2 Å². The first-order chi connectivity index (χ1) is 4.75. The molecule has 3 nitrogen and oxygen atoms in total. The monoisotopic (exact) mass is 145 g/mol. The Balaban J connectivity index is 2.45. The lowest BCUT2D eigenvalue weighted by atomic mass is 10.1. The average molecular weight is 145 g/mol. The maximum atomic E-state index is 8.91. The number of hydrogen-bond acceptors (Lipinski definition) is 3. The molecule has 1 heterocycles. The largest absolute Gasteiger partial charge is 0.395 e. The molecule has 0 radical (unpaired) electrons. The molecule has 2 atom stereocenters. The normalized spacial score (nSPS) is 36.3. The van der Waals surface area contributed by atoms with Crippen molar-refractivity contribution < 1.29 is 9.84 Å². The number of morpholine rings is 1. The highest BCUT2D eigenvalue weighted by molar-refractivity contribution is 4.77. The fraction of sp³-hybridized carbons (Fsp3) is 1.00. The Morgan fingerprint density at radius 3 is 2.80 bits per heavy atom. The average Bonchev–Trinajstić information content (AvgIpc) is 1.88. The second kappa shape index (κ2) is 3.32. The molecule has 0 amide bonds. The van der Waals surface area contributed by atoms with E-state index in [1.54, 1.807) is 0 Å². The Labute approximate surface area is 61.6 Å². The van der Waals surface area contributed by atoms with E-state index < -0.39 is 0 Å². The van der Waals surface area contributed by atoms with Gasteiger partial charge < -0.3 is 9.84 Å². The topological polar surface area (TPSA) is 32.7 Å². The van der Waals surface area contributed by atoms with Crippen LogP contribution < -0.4 is 0 Å². The van der Waals surface area contributed by atoms with Crippen LogP contribution in [0.1, 0.15) is 6.92 Å². The van der Waals surface area contributed by atoms with Crippen molar-refractivity contribution in [2.75, 3.05) is 26.8 Å². The van der Waals surface area contributed by atoms with Crippen LogP contribution in [0.5, 0.6) is 0 Å². The Kier molecular flexibility index (Phi) is 2.65. The van der Waals surface area contributed by atoms with Crippen LogP contribution in [0.4, 0.5) is 0 Å². The molecule has 1 saturated heterocycles. The number of aliphatic hydroxyl groups is 1. The predicted octanol–water partition coefficient (Wildman–Crippen LogP) is -0.302. The van der Waals surface area contributed by atoms with Gasteiger partial charge in [0.05, 0.1) is 25.4 Å². The Morgan fingerprint density at radius 1 is 1.70 bits per heavy atom. The van der Waals surface area contributed by atoms with Crippen LogP contribution in [0.15, 0.2) is 0 Å². The second-order valence-electron chi connectivity index (χ2n) is 2.81. The summed E-state index contributed by atoms with van der Waals surface area (Å²) in [4.78, 5) is 2.13. The summed E-state index contributed by atoms with van der Waals surface area (Å²) in [6.07, 6.45) is 0.170. The lowest BCUT2D eigenvalue weighted by Crippen LogP contribution is -2.49. The van der Waals surface area contributed by atoms with E-state index in [4.69, 9.17) is 9.84 Å². The van der Waals surface area contributed by atoms with E-state index in [-0.39, 0.29) is 18.8 Å². The zero-order chi connectivity index (χ0) is 7.56. The number of likely N-dealkylation sites (N-methyl/N-ethyl adjacent to an activating group) is 1. The molecular formula is C7H15NO2. The molecule has 0 aliphatic carbocycles. The molecule has 0 spiro atoms. The summed E-state index contributed by atoms with van der Waals surface area (Å²) < 4.78 is 5.35. The lowest BCUT2D eigenvalue weighted by Gasteiger charge is -2.36. The van der Waals surface area contributed by atoms with E-state index >= 15 is 0 Å². The zero-order valence-corrected chi connectivity index (χ0v) is 6.58. The van der Waals surface area contributed by atoms with Gasteiger partial charge in [0.25, 0.3) is 0 Å². The molecule has 1 aliphatic heterocycles. The fourth-order valence-electron chi connectivity index (χ4n) is 1.31. The van der Waals surface area contributed by atoms with Crippen molar-refractivity contribution in [1.82, 2.24) is 4.90 Å². The van der Waals surface area contributed by atoms with Crippen LogP contribution in [-0.2, 0) is 4.74 Å². The van der Waals surface area contributed by atoms with Crippen LogP contribution in [0.25, 0.3) is 0 Å². The molecule has 3 heteroatoms. The van der Waals surface area contributed by atoms with Crippen molar-refractivity contribution in [3.05, 3.63) is 0 Å². The summed E-state index contributed by atoms with van der Waals surface area (Å²) in [5.74, 6) is 0. The summed E-state index contributed by atoms with van der Waals surface area (Å²) in [6.45, 7) is 3.90. The molecule has 0 aromatic heterocycles. The van der Waals surface area contributed by atoms with Gasteiger partial charge in [0.2, 0.25) is 0 Å². The van der Waals surface area contributed by atoms with Crippen LogP contribution >= 0.6 is 0 Å². The molecule has 0 saturated carbocycles. The SMILES string of the molecule is CC1OCCN(C)C1CO. The lowest BCUT2D eigenvalue weighted by molar-refractivity contribution is -0.0672. The first kappa shape index (κ1) is 7.98. The molecule has 1 N–H and O–H groups in total. The summed E-state index contributed by atoms with van der Waals surface area (Å²) in [5.41, 5.74) is 0. The fourth-order valence-corrected chi connectivity index (χ4v) is 1.31. The molecule has 1 aliphatic rings. The number of rotatable bonds is 1. The maximum absolute atomic E-state index is 8.91. The van der Waals surface area contributed by atoms with Crippen molar-refractivity contribution in [1.29, 1.82) is 0 Å². The highest BCUT2D eigenvalue weighted by Crippen LogP contribution is 2.10. The minimum absolute atomic E-state index is 0.170. The van der Waals surface area contributed by atoms with E-state index in [0.29, 0.717) is 0 Å². The molecule has 2 unspecified atom stereocenters. The first-order valence-electron chi connectivity index (χ1n) is 3.68. The van der Waals surface area contributed by atoms with Gasteiger partial charge in [-0.2, -0.15) is 0 Å². The Hall–Kier alpha value is -0.120. The van der Waals surface area contributed by atoms with Gasteiger partial charge in [-0.1, -0.05) is 0 Å². The van der Waals surface area contributed by atoms with Crippen molar-refractivity contribution in [2.24, 2.45) is 0 Å². The molecule has 0 aromatic carbocycles. The van der Waals surface area contributed by atoms with Crippen LogP contribution in [-0.4, -0.2) is 49.0 Å². The van der Waals surface area contributed by atoms with Gasteiger partial charge in [0.1, 0.15) is 0 Å². The molecule has 1 fully saturated rings. The summed E-state index contributed by atoms with van der Waals surface area (Å²) in [5, 5.41) is 8.91. The van der Waals surface area contributed by atoms with Gasteiger partial charge in [-0.15, -0.1) is 0 Å². The van der Waals surface area contributed by atoms with Gasteiger partial charge in [-0.25, -0.2) is 0 Å². The number of nitrogens with zero attached hydrogens (tertiary/aromatic N) is 1. The third-order valence-corrected chi connectivity index (χ3v) is 2.12. The highest BCUT2D eigenvalue weighted by Gasteiger charge is 2.25. The predicted molar refractivity (Wildman–Crippen MR) is 38.9 cm³/mol. The minimum atomic E-state index is 0.170. The summed E-state index contributed by atoms with van der Waals surface area (Å²) >= 11 is 0. The van der Waals surface area contributed by atoms with Gasteiger partial charge in [0, 0.05) is 6.54 Å². The Bertz CT molecular complexity index is 97.8. The molecule has 0 aromatic rings. The zero-order valence-electron chi connectivity index (χ0n) is 6.58. The number of aliphatic hydroxyl groups excluding tert-OH is 1. The van der Waals surface area contributed by atoms with Gasteiger partial charge >= 0.3 is 0 Å². The standard InChI is InChI=1S/C7H15NO2/c1-6-7(5-9)8(2)3-4-10-6/h6-7,9H,3-5H2,1-2H3. The maximum Gasteiger partial charge on any atom is 0.0725 e. The van der Waals surface area contributed by atoms with Crippen molar-refractivity contribution in [3.8, 4) is 0 Å². The van der Waals surface area contributed by atoms with Crippen LogP contribution in [0.2, 0.25) is 0 Å². The molecule has 60 valence electrons.